The van der Waals surface area contributed by atoms with Crippen LogP contribution in [0.4, 0.5) is 0 Å². The summed E-state index contributed by atoms with van der Waals surface area (Å²) in [5.74, 6) is -2.33. The van der Waals surface area contributed by atoms with Gasteiger partial charge in [0.05, 0.1) is 10.6 Å². The number of unbranched alkanes of at least 4 members (excludes halogenated alkanes) is 2. The zero-order valence-electron chi connectivity index (χ0n) is 28.7. The highest BCUT2D eigenvalue weighted by molar-refractivity contribution is 7.98. The van der Waals surface area contributed by atoms with E-state index in [0.717, 1.165) is 56.1 Å². The molecule has 3 aromatic carbocycles. The van der Waals surface area contributed by atoms with Crippen LogP contribution in [-0.2, 0) is 24.2 Å². The molecule has 0 radical (unpaired) electrons. The Balaban J connectivity index is 1.68. The minimum Gasteiger partial charge on any atom is -0.483 e. The average molecular weight is 709 g/mol. The number of aliphatic carboxylic acids is 1. The largest absolute Gasteiger partial charge is 0.483 e. The van der Waals surface area contributed by atoms with Gasteiger partial charge in [0, 0.05) is 16.9 Å². The Bertz CT molecular complexity index is 1690. The maximum Gasteiger partial charge on any atom is 0.325 e. The summed E-state index contributed by atoms with van der Waals surface area (Å²) >= 11 is 1.41. The molecule has 4 rings (SSSR count). The van der Waals surface area contributed by atoms with Gasteiger partial charge < -0.3 is 20.5 Å². The molecule has 0 fully saturated rings. The molecule has 1 unspecified atom stereocenters. The number of carboxylic acids is 1. The van der Waals surface area contributed by atoms with Crippen LogP contribution in [0.25, 0.3) is 0 Å². The van der Waals surface area contributed by atoms with Crippen LogP contribution >= 0.6 is 11.8 Å². The third-order valence-corrected chi connectivity index (χ3v) is 12.0. The van der Waals surface area contributed by atoms with Gasteiger partial charge >= 0.3 is 5.97 Å². The van der Waals surface area contributed by atoms with Gasteiger partial charge in [-0.1, -0.05) is 100 Å². The van der Waals surface area contributed by atoms with Gasteiger partial charge in [0.2, 0.25) is 5.91 Å². The van der Waals surface area contributed by atoms with Crippen molar-refractivity contribution in [3.8, 4) is 5.75 Å². The third-order valence-electron chi connectivity index (χ3n) is 9.25. The van der Waals surface area contributed by atoms with Crippen molar-refractivity contribution in [3.63, 3.8) is 0 Å². The molecule has 2 amide bonds. The summed E-state index contributed by atoms with van der Waals surface area (Å²) in [6, 6.07) is 19.7. The lowest BCUT2D eigenvalue weighted by molar-refractivity contribution is -0.141. The molecule has 11 heteroatoms. The first-order valence-corrected chi connectivity index (χ1v) is 19.8. The number of benzene rings is 3. The maximum atomic E-state index is 14.4. The molecule has 9 nitrogen and oxygen atoms in total. The lowest BCUT2D eigenvalue weighted by Crippen LogP contribution is -2.46. The number of nitrogens with one attached hydrogen (secondary N) is 2. The van der Waals surface area contributed by atoms with E-state index in [4.69, 9.17) is 4.74 Å². The van der Waals surface area contributed by atoms with Crippen LogP contribution in [0.15, 0.2) is 82.6 Å². The Labute approximate surface area is 294 Å². The van der Waals surface area contributed by atoms with Gasteiger partial charge in [0.1, 0.15) is 17.8 Å². The Hall–Kier alpha value is -3.83. The number of ether oxygens (including phenoxy) is 1. The summed E-state index contributed by atoms with van der Waals surface area (Å²) in [4.78, 5) is 38.6. The van der Waals surface area contributed by atoms with Crippen LogP contribution in [0.1, 0.15) is 94.4 Å². The summed E-state index contributed by atoms with van der Waals surface area (Å²) in [6.07, 6.45) is 8.15. The molecular formula is C38H48N2O7S2. The molecule has 3 N–H and O–H groups in total. The van der Waals surface area contributed by atoms with Crippen molar-refractivity contribution in [3.05, 3.63) is 89.5 Å². The van der Waals surface area contributed by atoms with Crippen molar-refractivity contribution in [2.45, 2.75) is 93.5 Å². The molecule has 0 aliphatic carbocycles. The number of carboxylic acid groups (broad SMARTS) is 1. The van der Waals surface area contributed by atoms with Crippen molar-refractivity contribution in [1.29, 1.82) is 0 Å². The SMILES string of the molecule is CCCCC1(CCCC)CC(c2ccccc2)c2cc(SC)c(OCC(=O)N[C@@H](C(=O)N[C@@H](C)C(=O)O)c3ccccc3)cc2S(=O)(=O)C1. The zero-order valence-corrected chi connectivity index (χ0v) is 30.4. The number of thioether (sulfide) groups is 1. The van der Waals surface area contributed by atoms with Crippen LogP contribution in [0.3, 0.4) is 0 Å². The fourth-order valence-electron chi connectivity index (χ4n) is 6.66. The second-order valence-electron chi connectivity index (χ2n) is 12.9. The quantitative estimate of drug-likeness (QED) is 0.137. The van der Waals surface area contributed by atoms with Crippen LogP contribution in [0, 0.1) is 5.41 Å². The van der Waals surface area contributed by atoms with Crippen molar-refractivity contribution in [1.82, 2.24) is 10.6 Å². The number of amides is 2. The minimum atomic E-state index is -3.75. The van der Waals surface area contributed by atoms with Gasteiger partial charge in [-0.3, -0.25) is 14.4 Å². The normalized spacial score (nSPS) is 17.5. The van der Waals surface area contributed by atoms with Crippen molar-refractivity contribution in [2.75, 3.05) is 18.6 Å². The molecule has 1 aliphatic rings. The minimum absolute atomic E-state index is 0.0531. The first-order chi connectivity index (χ1) is 23.4. The monoisotopic (exact) mass is 708 g/mol. The van der Waals surface area contributed by atoms with Crippen LogP contribution < -0.4 is 15.4 Å². The van der Waals surface area contributed by atoms with E-state index in [9.17, 15) is 27.9 Å². The first-order valence-electron chi connectivity index (χ1n) is 16.9. The van der Waals surface area contributed by atoms with E-state index in [-0.39, 0.29) is 27.7 Å². The summed E-state index contributed by atoms with van der Waals surface area (Å²) in [5.41, 5.74) is 1.90. The van der Waals surface area contributed by atoms with Crippen molar-refractivity contribution in [2.24, 2.45) is 5.41 Å². The van der Waals surface area contributed by atoms with E-state index in [1.807, 2.05) is 30.5 Å². The number of rotatable bonds is 16. The van der Waals surface area contributed by atoms with E-state index < -0.39 is 46.3 Å². The Morgan fingerprint density at radius 1 is 0.959 bits per heavy atom. The predicted octanol–water partition coefficient (Wildman–Crippen LogP) is 6.91. The molecule has 1 heterocycles. The Morgan fingerprint density at radius 3 is 2.14 bits per heavy atom. The summed E-state index contributed by atoms with van der Waals surface area (Å²) in [6.45, 7) is 5.12. The van der Waals surface area contributed by atoms with Crippen molar-refractivity contribution >= 4 is 39.4 Å². The predicted molar refractivity (Wildman–Crippen MR) is 193 cm³/mol. The fraction of sp³-hybridized carbons (Fsp3) is 0.447. The highest BCUT2D eigenvalue weighted by atomic mass is 32.2. The molecule has 3 atom stereocenters. The molecule has 264 valence electrons. The van der Waals surface area contributed by atoms with Gasteiger partial charge in [-0.25, -0.2) is 8.42 Å². The van der Waals surface area contributed by atoms with Gasteiger partial charge in [-0.15, -0.1) is 11.8 Å². The number of hydrogen-bond donors (Lipinski definition) is 3. The molecule has 0 aromatic heterocycles. The first kappa shape index (κ1) is 38.0. The van der Waals surface area contributed by atoms with Gasteiger partial charge in [0.15, 0.2) is 16.4 Å². The van der Waals surface area contributed by atoms with Gasteiger partial charge in [-0.05, 0) is 60.6 Å². The Morgan fingerprint density at radius 2 is 1.57 bits per heavy atom. The lowest BCUT2D eigenvalue weighted by atomic mass is 9.70. The van der Waals surface area contributed by atoms with Crippen LogP contribution in [0.5, 0.6) is 5.75 Å². The van der Waals surface area contributed by atoms with Crippen LogP contribution in [0.2, 0.25) is 0 Å². The smallest absolute Gasteiger partial charge is 0.325 e. The highest BCUT2D eigenvalue weighted by Gasteiger charge is 2.43. The van der Waals surface area contributed by atoms with Gasteiger partial charge in [-0.2, -0.15) is 0 Å². The maximum absolute atomic E-state index is 14.4. The molecule has 3 aromatic rings. The van der Waals surface area contributed by atoms with E-state index in [1.54, 1.807) is 36.4 Å². The number of carbonyl (C=O) groups is 3. The average Bonchev–Trinajstić information content (AvgIpc) is 3.19. The number of fused-ring (bicyclic) bond motifs is 1. The molecule has 0 bridgehead atoms. The number of hydrogen-bond acceptors (Lipinski definition) is 7. The highest BCUT2D eigenvalue weighted by Crippen LogP contribution is 2.51. The summed E-state index contributed by atoms with van der Waals surface area (Å²) < 4.78 is 34.8. The number of carbonyl (C=O) groups excluding carboxylic acids is 2. The van der Waals surface area contributed by atoms with E-state index in [1.165, 1.54) is 18.7 Å². The number of sulfone groups is 1. The van der Waals surface area contributed by atoms with E-state index in [2.05, 4.69) is 36.6 Å². The second kappa shape index (κ2) is 17.2. The third kappa shape index (κ3) is 9.66. The molecule has 1 aliphatic heterocycles. The second-order valence-corrected chi connectivity index (χ2v) is 15.7. The summed E-state index contributed by atoms with van der Waals surface area (Å²) in [5, 5.41) is 14.4. The summed E-state index contributed by atoms with van der Waals surface area (Å²) in [7, 11) is -3.75. The molecule has 0 spiro atoms. The van der Waals surface area contributed by atoms with Crippen LogP contribution in [-0.4, -0.2) is 56.0 Å². The van der Waals surface area contributed by atoms with Crippen molar-refractivity contribution < 1.29 is 32.6 Å². The van der Waals surface area contributed by atoms with E-state index in [0.29, 0.717) is 10.5 Å². The molecule has 0 saturated heterocycles. The molecule has 0 saturated carbocycles. The zero-order chi connectivity index (χ0) is 35.6. The fourth-order valence-corrected chi connectivity index (χ4v) is 9.44. The topological polar surface area (TPSA) is 139 Å². The standard InChI is InChI=1S/C38H48N2O7S2/c1-5-7-19-38(20-8-6-2)23-30(27-15-11-9-12-16-27)29-21-32(48-4)31(22-33(29)49(45,46)25-38)47-24-34(41)40-35(28-17-13-10-14-18-28)36(42)39-26(3)37(43)44/h9-18,21-22,26,30,35H,5-8,19-20,23-25H2,1-4H3,(H,39,42)(H,40,41)(H,43,44)/t26-,30?,35+/m0/s1. The lowest BCUT2D eigenvalue weighted by Gasteiger charge is -2.35. The molecular weight excluding hydrogens is 661 g/mol. The Kier molecular flexibility index (Phi) is 13.3. The van der Waals surface area contributed by atoms with Gasteiger partial charge in [0.25, 0.3) is 5.91 Å². The molecule has 49 heavy (non-hydrogen) atoms. The van der Waals surface area contributed by atoms with E-state index >= 15 is 0 Å².